The predicted molar refractivity (Wildman–Crippen MR) is 69.8 cm³/mol. The molecule has 5 heteroatoms. The summed E-state index contributed by atoms with van der Waals surface area (Å²) in [5.74, 6) is 0. The van der Waals surface area contributed by atoms with Crippen LogP contribution >= 0.6 is 0 Å². The van der Waals surface area contributed by atoms with E-state index in [9.17, 15) is 8.42 Å². The maximum Gasteiger partial charge on any atom is 0.150 e. The molecule has 0 aromatic carbocycles. The van der Waals surface area contributed by atoms with Gasteiger partial charge < -0.3 is 10.4 Å². The van der Waals surface area contributed by atoms with Crippen molar-refractivity contribution in [2.75, 3.05) is 19.4 Å². The van der Waals surface area contributed by atoms with E-state index in [1.54, 1.807) is 0 Å². The third kappa shape index (κ3) is 5.84. The summed E-state index contributed by atoms with van der Waals surface area (Å²) in [4.78, 5) is 0. The summed E-state index contributed by atoms with van der Waals surface area (Å²) < 4.78 is 23.0. The molecule has 1 saturated carbocycles. The maximum absolute atomic E-state index is 11.5. The van der Waals surface area contributed by atoms with Gasteiger partial charge in [0.05, 0.1) is 5.25 Å². The lowest BCUT2D eigenvalue weighted by molar-refractivity contribution is 0.281. The van der Waals surface area contributed by atoms with Crippen LogP contribution in [0.3, 0.4) is 0 Å². The van der Waals surface area contributed by atoms with E-state index in [1.807, 2.05) is 0 Å². The number of aliphatic hydroxyl groups excluding tert-OH is 1. The van der Waals surface area contributed by atoms with E-state index in [0.29, 0.717) is 6.04 Å². The van der Waals surface area contributed by atoms with Gasteiger partial charge in [-0.25, -0.2) is 8.42 Å². The molecule has 0 bridgehead atoms. The second-order valence-corrected chi connectivity index (χ2v) is 7.38. The van der Waals surface area contributed by atoms with Gasteiger partial charge in [0.1, 0.15) is 9.84 Å². The molecule has 1 fully saturated rings. The average Bonchev–Trinajstić information content (AvgIpc) is 2.28. The molecule has 0 aromatic rings. The van der Waals surface area contributed by atoms with Crippen molar-refractivity contribution in [1.29, 1.82) is 0 Å². The summed E-state index contributed by atoms with van der Waals surface area (Å²) in [6, 6.07) is 0.359. The summed E-state index contributed by atoms with van der Waals surface area (Å²) in [5.41, 5.74) is 0. The SMILES string of the molecule is CS(=O)(=O)C1CCCC(NCCCCCO)C1. The topological polar surface area (TPSA) is 66.4 Å². The lowest BCUT2D eigenvalue weighted by atomic mass is 9.95. The van der Waals surface area contributed by atoms with Crippen LogP contribution in [0.2, 0.25) is 0 Å². The lowest BCUT2D eigenvalue weighted by Crippen LogP contribution is -2.39. The highest BCUT2D eigenvalue weighted by Gasteiger charge is 2.28. The van der Waals surface area contributed by atoms with Gasteiger partial charge in [-0.1, -0.05) is 6.42 Å². The van der Waals surface area contributed by atoms with Crippen LogP contribution in [0.4, 0.5) is 0 Å². The summed E-state index contributed by atoms with van der Waals surface area (Å²) in [6.07, 6.45) is 7.98. The minimum atomic E-state index is -2.87. The van der Waals surface area contributed by atoms with Crippen LogP contribution in [0.5, 0.6) is 0 Å². The molecule has 17 heavy (non-hydrogen) atoms. The van der Waals surface area contributed by atoms with Crippen LogP contribution in [0.1, 0.15) is 44.9 Å². The molecule has 0 radical (unpaired) electrons. The Morgan fingerprint density at radius 3 is 2.65 bits per heavy atom. The van der Waals surface area contributed by atoms with E-state index in [0.717, 1.165) is 51.5 Å². The molecule has 1 rings (SSSR count). The standard InChI is InChI=1S/C12H25NO3S/c1-17(15,16)12-7-5-6-11(10-12)13-8-3-2-4-9-14/h11-14H,2-10H2,1H3. The first-order chi connectivity index (χ1) is 8.04. The van der Waals surface area contributed by atoms with Crippen LogP contribution in [0, 0.1) is 0 Å². The highest BCUT2D eigenvalue weighted by Crippen LogP contribution is 2.23. The second-order valence-electron chi connectivity index (χ2n) is 5.05. The first kappa shape index (κ1) is 14.9. The average molecular weight is 263 g/mol. The van der Waals surface area contributed by atoms with E-state index in [1.165, 1.54) is 6.26 Å². The molecule has 0 heterocycles. The van der Waals surface area contributed by atoms with Crippen molar-refractivity contribution in [2.45, 2.75) is 56.2 Å². The van der Waals surface area contributed by atoms with Crippen LogP contribution in [0.25, 0.3) is 0 Å². The zero-order valence-electron chi connectivity index (χ0n) is 10.7. The third-order valence-corrected chi connectivity index (χ3v) is 5.14. The van der Waals surface area contributed by atoms with Crippen molar-refractivity contribution < 1.29 is 13.5 Å². The molecule has 0 spiro atoms. The molecule has 2 unspecified atom stereocenters. The van der Waals surface area contributed by atoms with E-state index in [4.69, 9.17) is 5.11 Å². The van der Waals surface area contributed by atoms with Crippen LogP contribution < -0.4 is 5.32 Å². The first-order valence-electron chi connectivity index (χ1n) is 6.57. The van der Waals surface area contributed by atoms with Gasteiger partial charge in [-0.3, -0.25) is 0 Å². The van der Waals surface area contributed by atoms with Crippen molar-refractivity contribution >= 4 is 9.84 Å². The van der Waals surface area contributed by atoms with Gasteiger partial charge in [-0.2, -0.15) is 0 Å². The molecule has 0 aliphatic heterocycles. The largest absolute Gasteiger partial charge is 0.396 e. The Kier molecular flexibility index (Phi) is 6.44. The first-order valence-corrected chi connectivity index (χ1v) is 8.52. The molecule has 0 saturated heterocycles. The van der Waals surface area contributed by atoms with E-state index in [2.05, 4.69) is 5.32 Å². The highest BCUT2D eigenvalue weighted by molar-refractivity contribution is 7.91. The van der Waals surface area contributed by atoms with Gasteiger partial charge in [0, 0.05) is 18.9 Å². The minimum Gasteiger partial charge on any atom is -0.396 e. The van der Waals surface area contributed by atoms with Crippen LogP contribution in [-0.4, -0.2) is 44.2 Å². The van der Waals surface area contributed by atoms with Crippen molar-refractivity contribution in [3.05, 3.63) is 0 Å². The molecule has 1 aliphatic carbocycles. The number of hydrogen-bond acceptors (Lipinski definition) is 4. The number of aliphatic hydroxyl groups is 1. The Morgan fingerprint density at radius 1 is 1.24 bits per heavy atom. The molecule has 102 valence electrons. The normalized spacial score (nSPS) is 26.0. The second kappa shape index (κ2) is 7.34. The predicted octanol–water partition coefficient (Wildman–Crippen LogP) is 1.09. The third-order valence-electron chi connectivity index (χ3n) is 3.50. The summed E-state index contributed by atoms with van der Waals surface area (Å²) in [5, 5.41) is 11.9. The number of nitrogens with one attached hydrogen (secondary N) is 1. The molecule has 0 aromatic heterocycles. The molecule has 2 atom stereocenters. The molecule has 0 amide bonds. The van der Waals surface area contributed by atoms with Gasteiger partial charge in [-0.05, 0) is 45.1 Å². The fraction of sp³-hybridized carbons (Fsp3) is 1.00. The summed E-state index contributed by atoms with van der Waals surface area (Å²) in [6.45, 7) is 1.20. The quantitative estimate of drug-likeness (QED) is 0.675. The maximum atomic E-state index is 11.5. The highest BCUT2D eigenvalue weighted by atomic mass is 32.2. The van der Waals surface area contributed by atoms with Gasteiger partial charge in [0.2, 0.25) is 0 Å². The van der Waals surface area contributed by atoms with Gasteiger partial charge in [0.25, 0.3) is 0 Å². The van der Waals surface area contributed by atoms with E-state index in [-0.39, 0.29) is 11.9 Å². The molecule has 2 N–H and O–H groups in total. The number of sulfone groups is 1. The van der Waals surface area contributed by atoms with Gasteiger partial charge in [0.15, 0.2) is 0 Å². The van der Waals surface area contributed by atoms with Gasteiger partial charge >= 0.3 is 0 Å². The lowest BCUT2D eigenvalue weighted by Gasteiger charge is -2.28. The van der Waals surface area contributed by atoms with E-state index < -0.39 is 9.84 Å². The van der Waals surface area contributed by atoms with Crippen molar-refractivity contribution in [2.24, 2.45) is 0 Å². The van der Waals surface area contributed by atoms with Crippen LogP contribution in [-0.2, 0) is 9.84 Å². The fourth-order valence-electron chi connectivity index (χ4n) is 2.44. The molecular weight excluding hydrogens is 238 g/mol. The summed E-state index contributed by atoms with van der Waals surface area (Å²) >= 11 is 0. The van der Waals surface area contributed by atoms with Crippen molar-refractivity contribution in [1.82, 2.24) is 5.32 Å². The zero-order valence-corrected chi connectivity index (χ0v) is 11.5. The smallest absolute Gasteiger partial charge is 0.150 e. The molecule has 4 nitrogen and oxygen atoms in total. The fourth-order valence-corrected chi connectivity index (χ4v) is 3.62. The zero-order chi connectivity index (χ0) is 12.7. The number of hydrogen-bond donors (Lipinski definition) is 2. The Morgan fingerprint density at radius 2 is 2.00 bits per heavy atom. The van der Waals surface area contributed by atoms with Gasteiger partial charge in [-0.15, -0.1) is 0 Å². The monoisotopic (exact) mass is 263 g/mol. The Balaban J connectivity index is 2.21. The number of unbranched alkanes of at least 4 members (excludes halogenated alkanes) is 2. The molecule has 1 aliphatic rings. The minimum absolute atomic E-state index is 0.147. The van der Waals surface area contributed by atoms with Crippen molar-refractivity contribution in [3.8, 4) is 0 Å². The van der Waals surface area contributed by atoms with E-state index >= 15 is 0 Å². The summed E-state index contributed by atoms with van der Waals surface area (Å²) in [7, 11) is -2.87. The van der Waals surface area contributed by atoms with Crippen LogP contribution in [0.15, 0.2) is 0 Å². The molecular formula is C12H25NO3S. The van der Waals surface area contributed by atoms with Crippen molar-refractivity contribution in [3.63, 3.8) is 0 Å². The Hall–Kier alpha value is -0.130. The Bertz CT molecular complexity index is 303. The Labute approximate surface area is 105 Å². The number of rotatable bonds is 7.